The van der Waals surface area contributed by atoms with Crippen LogP contribution in [0.4, 0.5) is 4.39 Å². The summed E-state index contributed by atoms with van der Waals surface area (Å²) in [6, 6.07) is 4.21. The summed E-state index contributed by atoms with van der Waals surface area (Å²) in [7, 11) is 0. The molecular formula is C10H11FO2. The van der Waals surface area contributed by atoms with Gasteiger partial charge in [-0.05, 0) is 32.0 Å². The lowest BCUT2D eigenvalue weighted by Gasteiger charge is -2.04. The molecule has 0 saturated heterocycles. The molecule has 0 spiro atoms. The predicted octanol–water partition coefficient (Wildman–Crippen LogP) is 2.43. The Morgan fingerprint density at radius 2 is 2.23 bits per heavy atom. The van der Waals surface area contributed by atoms with Gasteiger partial charge in [0.2, 0.25) is 0 Å². The van der Waals surface area contributed by atoms with Gasteiger partial charge in [0.25, 0.3) is 0 Å². The van der Waals surface area contributed by atoms with E-state index < -0.39 is 5.82 Å². The maximum absolute atomic E-state index is 13.1. The molecule has 0 aliphatic rings. The molecule has 0 atom stereocenters. The minimum atomic E-state index is -0.491. The van der Waals surface area contributed by atoms with Crippen molar-refractivity contribution in [3.05, 3.63) is 29.6 Å². The van der Waals surface area contributed by atoms with Crippen LogP contribution in [0.5, 0.6) is 5.75 Å². The first-order chi connectivity index (χ1) is 6.15. The Hall–Kier alpha value is -1.38. The molecule has 1 aromatic rings. The van der Waals surface area contributed by atoms with E-state index in [1.807, 2.05) is 0 Å². The van der Waals surface area contributed by atoms with Crippen molar-refractivity contribution in [3.8, 4) is 5.75 Å². The normalized spacial score (nSPS) is 9.77. The van der Waals surface area contributed by atoms with Crippen molar-refractivity contribution < 1.29 is 13.9 Å². The molecule has 2 nitrogen and oxygen atoms in total. The predicted molar refractivity (Wildman–Crippen MR) is 47.6 cm³/mol. The molecule has 1 aromatic carbocycles. The van der Waals surface area contributed by atoms with Gasteiger partial charge < -0.3 is 4.74 Å². The quantitative estimate of drug-likeness (QED) is 0.671. The topological polar surface area (TPSA) is 26.3 Å². The van der Waals surface area contributed by atoms with E-state index in [1.54, 1.807) is 13.0 Å². The lowest BCUT2D eigenvalue weighted by atomic mass is 10.1. The summed E-state index contributed by atoms with van der Waals surface area (Å²) in [5.41, 5.74) is 0.362. The molecule has 0 aliphatic carbocycles. The fraction of sp³-hybridized carbons (Fsp3) is 0.300. The summed E-state index contributed by atoms with van der Waals surface area (Å²) >= 11 is 0. The lowest BCUT2D eigenvalue weighted by Crippen LogP contribution is -1.97. The fourth-order valence-electron chi connectivity index (χ4n) is 0.992. The largest absolute Gasteiger partial charge is 0.491 e. The monoisotopic (exact) mass is 182 g/mol. The molecule has 0 amide bonds. The van der Waals surface area contributed by atoms with Crippen LogP contribution in [0, 0.1) is 5.82 Å². The second-order valence-electron chi connectivity index (χ2n) is 2.63. The molecule has 0 bridgehead atoms. The summed E-state index contributed by atoms with van der Waals surface area (Å²) < 4.78 is 18.1. The van der Waals surface area contributed by atoms with Crippen molar-refractivity contribution in [3.63, 3.8) is 0 Å². The minimum absolute atomic E-state index is 0.151. The van der Waals surface area contributed by atoms with Gasteiger partial charge in [0, 0.05) is 5.56 Å². The number of hydrogen-bond acceptors (Lipinski definition) is 2. The average molecular weight is 182 g/mol. The second kappa shape index (κ2) is 4.03. The molecule has 0 heterocycles. The average Bonchev–Trinajstić information content (AvgIpc) is 2.08. The van der Waals surface area contributed by atoms with Gasteiger partial charge in [0.15, 0.2) is 17.3 Å². The third-order valence-corrected chi connectivity index (χ3v) is 1.64. The summed E-state index contributed by atoms with van der Waals surface area (Å²) in [4.78, 5) is 10.9. The van der Waals surface area contributed by atoms with Crippen LogP contribution in [0.15, 0.2) is 18.2 Å². The van der Waals surface area contributed by atoms with E-state index in [0.29, 0.717) is 12.2 Å². The third-order valence-electron chi connectivity index (χ3n) is 1.64. The highest BCUT2D eigenvalue weighted by molar-refractivity contribution is 5.94. The summed E-state index contributed by atoms with van der Waals surface area (Å²) in [6.07, 6.45) is 0. The summed E-state index contributed by atoms with van der Waals surface area (Å²) in [6.45, 7) is 3.59. The van der Waals surface area contributed by atoms with E-state index in [9.17, 15) is 9.18 Å². The maximum Gasteiger partial charge on any atom is 0.165 e. The zero-order valence-electron chi connectivity index (χ0n) is 7.63. The Labute approximate surface area is 76.3 Å². The number of carbonyl (C=O) groups excluding carboxylic acids is 1. The standard InChI is InChI=1S/C10H11FO2/c1-3-13-10-5-4-8(7(2)12)6-9(10)11/h4-6H,3H2,1-2H3. The first kappa shape index (κ1) is 9.71. The fourth-order valence-corrected chi connectivity index (χ4v) is 0.992. The van der Waals surface area contributed by atoms with Gasteiger partial charge in [-0.1, -0.05) is 0 Å². The van der Waals surface area contributed by atoms with E-state index in [-0.39, 0.29) is 11.5 Å². The van der Waals surface area contributed by atoms with Crippen molar-refractivity contribution >= 4 is 5.78 Å². The molecular weight excluding hydrogens is 171 g/mol. The van der Waals surface area contributed by atoms with Gasteiger partial charge in [-0.2, -0.15) is 0 Å². The molecule has 0 fully saturated rings. The van der Waals surface area contributed by atoms with Crippen molar-refractivity contribution in [1.29, 1.82) is 0 Å². The molecule has 0 radical (unpaired) electrons. The smallest absolute Gasteiger partial charge is 0.165 e. The molecule has 70 valence electrons. The van der Waals surface area contributed by atoms with Crippen LogP contribution in [-0.4, -0.2) is 12.4 Å². The number of carbonyl (C=O) groups is 1. The number of Topliss-reactive ketones (excluding diaryl/α,β-unsaturated/α-hetero) is 1. The van der Waals surface area contributed by atoms with Crippen LogP contribution in [0.2, 0.25) is 0 Å². The molecule has 0 unspecified atom stereocenters. The highest BCUT2D eigenvalue weighted by Gasteiger charge is 2.06. The molecule has 1 rings (SSSR count). The zero-order valence-corrected chi connectivity index (χ0v) is 7.63. The molecule has 0 saturated carbocycles. The summed E-state index contributed by atoms with van der Waals surface area (Å²) in [5, 5.41) is 0. The molecule has 13 heavy (non-hydrogen) atoms. The van der Waals surface area contributed by atoms with Crippen LogP contribution in [0.25, 0.3) is 0 Å². The number of benzene rings is 1. The Kier molecular flexibility index (Phi) is 3.01. The van der Waals surface area contributed by atoms with Crippen LogP contribution in [0.1, 0.15) is 24.2 Å². The van der Waals surface area contributed by atoms with Gasteiger partial charge in [0.1, 0.15) is 0 Å². The molecule has 0 N–H and O–H groups in total. The second-order valence-corrected chi connectivity index (χ2v) is 2.63. The number of ether oxygens (including phenoxy) is 1. The van der Waals surface area contributed by atoms with Gasteiger partial charge in [0.05, 0.1) is 6.61 Å². The Bertz CT molecular complexity index is 321. The number of hydrogen-bond donors (Lipinski definition) is 0. The minimum Gasteiger partial charge on any atom is -0.491 e. The maximum atomic E-state index is 13.1. The van der Waals surface area contributed by atoms with Crippen molar-refractivity contribution in [2.75, 3.05) is 6.61 Å². The first-order valence-electron chi connectivity index (χ1n) is 4.08. The SMILES string of the molecule is CCOc1ccc(C(C)=O)cc1F. The van der Waals surface area contributed by atoms with Gasteiger partial charge in [-0.3, -0.25) is 4.79 Å². The molecule has 0 aromatic heterocycles. The van der Waals surface area contributed by atoms with E-state index in [0.717, 1.165) is 0 Å². The highest BCUT2D eigenvalue weighted by atomic mass is 19.1. The van der Waals surface area contributed by atoms with Gasteiger partial charge in [-0.15, -0.1) is 0 Å². The van der Waals surface area contributed by atoms with E-state index in [1.165, 1.54) is 19.1 Å². The van der Waals surface area contributed by atoms with Crippen molar-refractivity contribution in [2.45, 2.75) is 13.8 Å². The Morgan fingerprint density at radius 1 is 1.54 bits per heavy atom. The van der Waals surface area contributed by atoms with E-state index in [4.69, 9.17) is 4.74 Å². The number of ketones is 1. The van der Waals surface area contributed by atoms with Crippen molar-refractivity contribution in [1.82, 2.24) is 0 Å². The van der Waals surface area contributed by atoms with E-state index in [2.05, 4.69) is 0 Å². The van der Waals surface area contributed by atoms with Gasteiger partial charge >= 0.3 is 0 Å². The summed E-state index contributed by atoms with van der Waals surface area (Å²) in [5.74, 6) is -0.455. The van der Waals surface area contributed by atoms with Crippen LogP contribution in [0.3, 0.4) is 0 Å². The van der Waals surface area contributed by atoms with E-state index >= 15 is 0 Å². The van der Waals surface area contributed by atoms with Crippen LogP contribution in [-0.2, 0) is 0 Å². The zero-order chi connectivity index (χ0) is 9.84. The van der Waals surface area contributed by atoms with Gasteiger partial charge in [-0.25, -0.2) is 4.39 Å². The Morgan fingerprint density at radius 3 is 2.69 bits per heavy atom. The van der Waals surface area contributed by atoms with Crippen molar-refractivity contribution in [2.24, 2.45) is 0 Å². The molecule has 0 aliphatic heterocycles. The Balaban J connectivity index is 2.98. The van der Waals surface area contributed by atoms with Crippen LogP contribution < -0.4 is 4.74 Å². The number of rotatable bonds is 3. The first-order valence-corrected chi connectivity index (χ1v) is 4.08. The molecule has 3 heteroatoms. The number of halogens is 1. The highest BCUT2D eigenvalue weighted by Crippen LogP contribution is 2.18. The third kappa shape index (κ3) is 2.28. The van der Waals surface area contributed by atoms with Crippen LogP contribution >= 0.6 is 0 Å². The lowest BCUT2D eigenvalue weighted by molar-refractivity contribution is 0.101.